The third-order valence-electron chi connectivity index (χ3n) is 5.08. The Morgan fingerprint density at radius 2 is 1.77 bits per heavy atom. The molecule has 0 N–H and O–H groups in total. The second-order valence-corrected chi connectivity index (χ2v) is 7.88. The normalized spacial score (nSPS) is 14.0. The SMILES string of the molecule is O=C(CCCOc1cccc(Cl)c1Cl)N1CCN(c2nnnn2-c2ccccc2)CC1. The van der Waals surface area contributed by atoms with Crippen LogP contribution in [0.4, 0.5) is 5.95 Å². The summed E-state index contributed by atoms with van der Waals surface area (Å²) in [6, 6.07) is 15.0. The second-order valence-electron chi connectivity index (χ2n) is 7.10. The molecule has 1 aliphatic heterocycles. The van der Waals surface area contributed by atoms with E-state index in [1.54, 1.807) is 22.9 Å². The van der Waals surface area contributed by atoms with Crippen LogP contribution in [0.1, 0.15) is 12.8 Å². The summed E-state index contributed by atoms with van der Waals surface area (Å²) in [5.41, 5.74) is 0.904. The molecule has 0 saturated carbocycles. The first-order valence-corrected chi connectivity index (χ1v) is 10.8. The Morgan fingerprint density at radius 3 is 2.55 bits per heavy atom. The van der Waals surface area contributed by atoms with Crippen molar-refractivity contribution >= 4 is 35.1 Å². The van der Waals surface area contributed by atoms with E-state index in [1.807, 2.05) is 35.2 Å². The standard InChI is InChI=1S/C21H22Cl2N6O2/c22-17-8-4-9-18(20(17)23)31-15-5-10-19(30)27-11-13-28(14-12-27)21-24-25-26-29(21)16-6-2-1-3-7-16/h1-4,6-9H,5,10-15H2. The van der Waals surface area contributed by atoms with E-state index in [2.05, 4.69) is 20.4 Å². The number of amides is 1. The van der Waals surface area contributed by atoms with Gasteiger partial charge in [0.2, 0.25) is 11.9 Å². The summed E-state index contributed by atoms with van der Waals surface area (Å²) in [5.74, 6) is 1.33. The van der Waals surface area contributed by atoms with Gasteiger partial charge in [0.15, 0.2) is 0 Å². The maximum absolute atomic E-state index is 12.6. The molecule has 1 fully saturated rings. The van der Waals surface area contributed by atoms with Gasteiger partial charge in [-0.15, -0.1) is 0 Å². The van der Waals surface area contributed by atoms with E-state index in [4.69, 9.17) is 27.9 Å². The molecule has 1 amide bonds. The summed E-state index contributed by atoms with van der Waals surface area (Å²) in [6.07, 6.45) is 1.02. The van der Waals surface area contributed by atoms with Crippen molar-refractivity contribution < 1.29 is 9.53 Å². The first-order valence-electron chi connectivity index (χ1n) is 10.1. The Labute approximate surface area is 190 Å². The summed E-state index contributed by atoms with van der Waals surface area (Å²) in [4.78, 5) is 16.5. The monoisotopic (exact) mass is 460 g/mol. The maximum atomic E-state index is 12.6. The number of para-hydroxylation sites is 1. The minimum absolute atomic E-state index is 0.114. The van der Waals surface area contributed by atoms with Gasteiger partial charge in [-0.1, -0.05) is 52.6 Å². The fourth-order valence-corrected chi connectivity index (χ4v) is 3.78. The molecule has 0 aliphatic carbocycles. The lowest BCUT2D eigenvalue weighted by molar-refractivity contribution is -0.131. The van der Waals surface area contributed by atoms with Crippen molar-refractivity contribution in [2.45, 2.75) is 12.8 Å². The average Bonchev–Trinajstić information content (AvgIpc) is 3.30. The molecule has 8 nitrogen and oxygen atoms in total. The van der Waals surface area contributed by atoms with Crippen molar-refractivity contribution in [3.8, 4) is 11.4 Å². The largest absolute Gasteiger partial charge is 0.492 e. The zero-order valence-electron chi connectivity index (χ0n) is 16.8. The van der Waals surface area contributed by atoms with Gasteiger partial charge in [-0.05, 0) is 41.1 Å². The quantitative estimate of drug-likeness (QED) is 0.502. The van der Waals surface area contributed by atoms with Crippen LogP contribution in [0.2, 0.25) is 10.0 Å². The van der Waals surface area contributed by atoms with Crippen molar-refractivity contribution in [1.29, 1.82) is 0 Å². The van der Waals surface area contributed by atoms with Gasteiger partial charge in [-0.2, -0.15) is 4.68 Å². The Morgan fingerprint density at radius 1 is 1.00 bits per heavy atom. The number of carbonyl (C=O) groups is 1. The summed E-state index contributed by atoms with van der Waals surface area (Å²) >= 11 is 12.1. The maximum Gasteiger partial charge on any atom is 0.250 e. The lowest BCUT2D eigenvalue weighted by atomic mass is 10.2. The number of aromatic nitrogens is 4. The second kappa shape index (κ2) is 9.98. The van der Waals surface area contributed by atoms with E-state index in [1.165, 1.54) is 0 Å². The molecule has 0 unspecified atom stereocenters. The number of nitrogens with zero attached hydrogens (tertiary/aromatic N) is 6. The van der Waals surface area contributed by atoms with E-state index < -0.39 is 0 Å². The van der Waals surface area contributed by atoms with Crippen molar-refractivity contribution in [2.24, 2.45) is 0 Å². The van der Waals surface area contributed by atoms with Gasteiger partial charge < -0.3 is 14.5 Å². The van der Waals surface area contributed by atoms with Gasteiger partial charge >= 0.3 is 0 Å². The number of anilines is 1. The van der Waals surface area contributed by atoms with Crippen molar-refractivity contribution in [3.05, 3.63) is 58.6 Å². The van der Waals surface area contributed by atoms with Crippen LogP contribution in [0.5, 0.6) is 5.75 Å². The number of halogens is 2. The number of hydrogen-bond donors (Lipinski definition) is 0. The van der Waals surface area contributed by atoms with Crippen LogP contribution >= 0.6 is 23.2 Å². The number of tetrazole rings is 1. The molecule has 10 heteroatoms. The van der Waals surface area contributed by atoms with Crippen LogP contribution in [0.25, 0.3) is 5.69 Å². The van der Waals surface area contributed by atoms with Crippen LogP contribution in [0, 0.1) is 0 Å². The first-order chi connectivity index (χ1) is 15.1. The molecule has 2 heterocycles. The molecule has 0 atom stereocenters. The van der Waals surface area contributed by atoms with Gasteiger partial charge in [0.05, 0.1) is 17.3 Å². The van der Waals surface area contributed by atoms with E-state index >= 15 is 0 Å². The highest BCUT2D eigenvalue weighted by atomic mass is 35.5. The van der Waals surface area contributed by atoms with Crippen molar-refractivity contribution in [3.63, 3.8) is 0 Å². The van der Waals surface area contributed by atoms with E-state index in [-0.39, 0.29) is 5.91 Å². The molecule has 2 aromatic carbocycles. The van der Waals surface area contributed by atoms with E-state index in [0.29, 0.717) is 67.4 Å². The molecular weight excluding hydrogens is 439 g/mol. The Balaban J connectivity index is 1.24. The molecule has 0 radical (unpaired) electrons. The number of rotatable bonds is 7. The smallest absolute Gasteiger partial charge is 0.250 e. The topological polar surface area (TPSA) is 76.4 Å². The highest BCUT2D eigenvalue weighted by Crippen LogP contribution is 2.31. The van der Waals surface area contributed by atoms with Gasteiger partial charge in [0.25, 0.3) is 0 Å². The third-order valence-corrected chi connectivity index (χ3v) is 5.88. The lowest BCUT2D eigenvalue weighted by Gasteiger charge is -2.34. The highest BCUT2D eigenvalue weighted by molar-refractivity contribution is 6.42. The predicted molar refractivity (Wildman–Crippen MR) is 119 cm³/mol. The van der Waals surface area contributed by atoms with Crippen LogP contribution < -0.4 is 9.64 Å². The molecule has 3 aromatic rings. The Hall–Kier alpha value is -2.84. The van der Waals surface area contributed by atoms with Gasteiger partial charge in [-0.25, -0.2) is 0 Å². The van der Waals surface area contributed by atoms with Crippen LogP contribution in [0.15, 0.2) is 48.5 Å². The van der Waals surface area contributed by atoms with Gasteiger partial charge in [0, 0.05) is 32.6 Å². The molecule has 31 heavy (non-hydrogen) atoms. The molecule has 0 bridgehead atoms. The lowest BCUT2D eigenvalue weighted by Crippen LogP contribution is -2.49. The predicted octanol–water partition coefficient (Wildman–Crippen LogP) is 3.48. The molecule has 1 saturated heterocycles. The number of ether oxygens (including phenoxy) is 1. The fraction of sp³-hybridized carbons (Fsp3) is 0.333. The molecule has 1 aromatic heterocycles. The minimum Gasteiger partial charge on any atom is -0.492 e. The van der Waals surface area contributed by atoms with Crippen LogP contribution in [0.3, 0.4) is 0 Å². The highest BCUT2D eigenvalue weighted by Gasteiger charge is 2.24. The number of hydrogen-bond acceptors (Lipinski definition) is 6. The summed E-state index contributed by atoms with van der Waals surface area (Å²) in [5, 5.41) is 12.9. The first kappa shape index (κ1) is 21.4. The zero-order valence-corrected chi connectivity index (χ0v) is 18.3. The summed E-state index contributed by atoms with van der Waals surface area (Å²) in [7, 11) is 0. The number of piperazine rings is 1. The molecule has 4 rings (SSSR count). The molecule has 162 valence electrons. The molecular formula is C21H22Cl2N6O2. The van der Waals surface area contributed by atoms with E-state index in [9.17, 15) is 4.79 Å². The average molecular weight is 461 g/mol. The van der Waals surface area contributed by atoms with Gasteiger partial charge in [0.1, 0.15) is 10.8 Å². The molecule has 0 spiro atoms. The third kappa shape index (κ3) is 5.08. The zero-order chi connectivity index (χ0) is 21.6. The van der Waals surface area contributed by atoms with Crippen molar-refractivity contribution in [1.82, 2.24) is 25.1 Å². The Kier molecular flexibility index (Phi) is 6.89. The summed E-state index contributed by atoms with van der Waals surface area (Å²) in [6.45, 7) is 3.00. The number of carbonyl (C=O) groups excluding carboxylic acids is 1. The van der Waals surface area contributed by atoms with Crippen molar-refractivity contribution in [2.75, 3.05) is 37.7 Å². The number of benzene rings is 2. The van der Waals surface area contributed by atoms with Crippen LogP contribution in [-0.4, -0.2) is 63.8 Å². The van der Waals surface area contributed by atoms with Crippen LogP contribution in [-0.2, 0) is 4.79 Å². The minimum atomic E-state index is 0.114. The van der Waals surface area contributed by atoms with Gasteiger partial charge in [-0.3, -0.25) is 4.79 Å². The molecule has 1 aliphatic rings. The fourth-order valence-electron chi connectivity index (χ4n) is 3.43. The summed E-state index contributed by atoms with van der Waals surface area (Å²) < 4.78 is 7.37. The Bertz CT molecular complexity index is 1020. The van der Waals surface area contributed by atoms with E-state index in [0.717, 1.165) is 5.69 Å².